The first-order chi connectivity index (χ1) is 13.0. The minimum atomic E-state index is -0.479. The number of urea groups is 1. The predicted molar refractivity (Wildman–Crippen MR) is 108 cm³/mol. The summed E-state index contributed by atoms with van der Waals surface area (Å²) < 4.78 is 7.33. The third kappa shape index (κ3) is 6.88. The maximum Gasteiger partial charge on any atom is 0.321 e. The second-order valence-corrected chi connectivity index (χ2v) is 7.47. The number of nitrogens with zero attached hydrogens (tertiary/aromatic N) is 2. The van der Waals surface area contributed by atoms with E-state index in [-0.39, 0.29) is 11.7 Å². The van der Waals surface area contributed by atoms with E-state index in [4.69, 9.17) is 4.74 Å². The SMILES string of the molecule is CCOCCCNC(=O)NC(=O)CSc1nc2ccccc2n1CC(C)C. The van der Waals surface area contributed by atoms with Gasteiger partial charge in [0.2, 0.25) is 5.91 Å². The van der Waals surface area contributed by atoms with Crippen molar-refractivity contribution in [1.29, 1.82) is 0 Å². The van der Waals surface area contributed by atoms with Gasteiger partial charge in [-0.1, -0.05) is 37.7 Å². The van der Waals surface area contributed by atoms with Crippen LogP contribution in [0.2, 0.25) is 0 Å². The highest BCUT2D eigenvalue weighted by atomic mass is 32.2. The minimum Gasteiger partial charge on any atom is -0.382 e. The van der Waals surface area contributed by atoms with E-state index in [0.717, 1.165) is 22.7 Å². The Morgan fingerprint density at radius 3 is 2.81 bits per heavy atom. The second kappa shape index (κ2) is 10.9. The molecular formula is C19H28N4O3S. The van der Waals surface area contributed by atoms with Gasteiger partial charge in [0, 0.05) is 26.3 Å². The highest BCUT2D eigenvalue weighted by molar-refractivity contribution is 7.99. The summed E-state index contributed by atoms with van der Waals surface area (Å²) in [6.07, 6.45) is 0.712. The Morgan fingerprint density at radius 2 is 2.07 bits per heavy atom. The summed E-state index contributed by atoms with van der Waals surface area (Å²) in [5.41, 5.74) is 1.97. The van der Waals surface area contributed by atoms with Crippen molar-refractivity contribution in [3.63, 3.8) is 0 Å². The number of carbonyl (C=O) groups is 2. The fraction of sp³-hybridized carbons (Fsp3) is 0.526. The van der Waals surface area contributed by atoms with Crippen molar-refractivity contribution in [2.75, 3.05) is 25.5 Å². The molecule has 0 fully saturated rings. The number of ether oxygens (including phenoxy) is 1. The molecule has 0 aliphatic carbocycles. The van der Waals surface area contributed by atoms with Gasteiger partial charge in [-0.2, -0.15) is 0 Å². The van der Waals surface area contributed by atoms with Gasteiger partial charge in [-0.3, -0.25) is 10.1 Å². The third-order valence-corrected chi connectivity index (χ3v) is 4.68. The summed E-state index contributed by atoms with van der Waals surface area (Å²) in [5, 5.41) is 5.79. The van der Waals surface area contributed by atoms with Gasteiger partial charge < -0.3 is 14.6 Å². The van der Waals surface area contributed by atoms with Gasteiger partial charge in [0.1, 0.15) is 0 Å². The average Bonchev–Trinajstić information content (AvgIpc) is 2.97. The second-order valence-electron chi connectivity index (χ2n) is 6.53. The molecular weight excluding hydrogens is 364 g/mol. The molecule has 0 radical (unpaired) electrons. The number of aromatic nitrogens is 2. The topological polar surface area (TPSA) is 85.2 Å². The molecule has 3 amide bonds. The van der Waals surface area contributed by atoms with Crippen LogP contribution in [0.15, 0.2) is 29.4 Å². The molecule has 0 spiro atoms. The molecule has 1 heterocycles. The number of nitrogens with one attached hydrogen (secondary N) is 2. The van der Waals surface area contributed by atoms with Crippen LogP contribution in [-0.4, -0.2) is 47.0 Å². The number of para-hydroxylation sites is 2. The van der Waals surface area contributed by atoms with Crippen LogP contribution in [0, 0.1) is 5.92 Å². The number of benzene rings is 1. The van der Waals surface area contributed by atoms with Crippen molar-refractivity contribution in [2.24, 2.45) is 5.92 Å². The molecule has 148 valence electrons. The first kappa shape index (κ1) is 21.2. The van der Waals surface area contributed by atoms with Crippen LogP contribution in [0.25, 0.3) is 11.0 Å². The van der Waals surface area contributed by atoms with Gasteiger partial charge in [0.15, 0.2) is 5.16 Å². The summed E-state index contributed by atoms with van der Waals surface area (Å²) in [4.78, 5) is 28.4. The number of hydrogen-bond acceptors (Lipinski definition) is 5. The van der Waals surface area contributed by atoms with Crippen molar-refractivity contribution in [1.82, 2.24) is 20.2 Å². The molecule has 0 aliphatic heterocycles. The number of carbonyl (C=O) groups excluding carboxylic acids is 2. The monoisotopic (exact) mass is 392 g/mol. The Morgan fingerprint density at radius 1 is 1.30 bits per heavy atom. The van der Waals surface area contributed by atoms with Crippen molar-refractivity contribution in [3.05, 3.63) is 24.3 Å². The third-order valence-electron chi connectivity index (χ3n) is 3.71. The van der Waals surface area contributed by atoms with Gasteiger partial charge in [0.05, 0.1) is 16.8 Å². The lowest BCUT2D eigenvalue weighted by Gasteiger charge is -2.11. The normalized spacial score (nSPS) is 11.1. The number of rotatable bonds is 10. The zero-order valence-electron chi connectivity index (χ0n) is 16.2. The number of thioether (sulfide) groups is 1. The van der Waals surface area contributed by atoms with Crippen LogP contribution in [-0.2, 0) is 16.1 Å². The zero-order chi connectivity index (χ0) is 19.6. The molecule has 0 saturated heterocycles. The highest BCUT2D eigenvalue weighted by Crippen LogP contribution is 2.25. The molecule has 2 aromatic rings. The maximum absolute atomic E-state index is 12.1. The minimum absolute atomic E-state index is 0.133. The summed E-state index contributed by atoms with van der Waals surface area (Å²) >= 11 is 1.34. The molecule has 0 bridgehead atoms. The molecule has 0 atom stereocenters. The van der Waals surface area contributed by atoms with Crippen LogP contribution in [0.1, 0.15) is 27.2 Å². The summed E-state index contributed by atoms with van der Waals surface area (Å²) in [6, 6.07) is 7.45. The van der Waals surface area contributed by atoms with Crippen molar-refractivity contribution >= 4 is 34.7 Å². The van der Waals surface area contributed by atoms with Crippen LogP contribution in [0.3, 0.4) is 0 Å². The summed E-state index contributed by atoms with van der Waals surface area (Å²) in [7, 11) is 0. The Balaban J connectivity index is 1.86. The lowest BCUT2D eigenvalue weighted by molar-refractivity contribution is -0.117. The number of imide groups is 1. The molecule has 0 saturated carbocycles. The Labute approximate surface area is 164 Å². The Kier molecular flexibility index (Phi) is 8.60. The number of amides is 3. The smallest absolute Gasteiger partial charge is 0.321 e. The van der Waals surface area contributed by atoms with Crippen molar-refractivity contribution in [2.45, 2.75) is 38.9 Å². The van der Waals surface area contributed by atoms with E-state index >= 15 is 0 Å². The summed E-state index contributed by atoms with van der Waals surface area (Å²) in [5.74, 6) is 0.247. The lowest BCUT2D eigenvalue weighted by atomic mass is 10.2. The van der Waals surface area contributed by atoms with Crippen molar-refractivity contribution < 1.29 is 14.3 Å². The predicted octanol–water partition coefficient (Wildman–Crippen LogP) is 3.04. The Bertz CT molecular complexity index is 760. The van der Waals surface area contributed by atoms with E-state index < -0.39 is 6.03 Å². The largest absolute Gasteiger partial charge is 0.382 e. The maximum atomic E-state index is 12.1. The van der Waals surface area contributed by atoms with Crippen LogP contribution in [0.4, 0.5) is 4.79 Å². The van der Waals surface area contributed by atoms with E-state index in [1.165, 1.54) is 11.8 Å². The van der Waals surface area contributed by atoms with E-state index in [1.54, 1.807) is 0 Å². The fourth-order valence-electron chi connectivity index (χ4n) is 2.56. The van der Waals surface area contributed by atoms with Crippen LogP contribution < -0.4 is 10.6 Å². The quantitative estimate of drug-likeness (QED) is 0.479. The number of fused-ring (bicyclic) bond motifs is 1. The van der Waals surface area contributed by atoms with Crippen LogP contribution in [0.5, 0.6) is 0 Å². The van der Waals surface area contributed by atoms with Gasteiger partial charge in [0.25, 0.3) is 0 Å². The molecule has 0 aliphatic rings. The summed E-state index contributed by atoms with van der Waals surface area (Å²) in [6.45, 7) is 8.75. The van der Waals surface area contributed by atoms with E-state index in [9.17, 15) is 9.59 Å². The van der Waals surface area contributed by atoms with E-state index in [2.05, 4.69) is 34.0 Å². The molecule has 8 heteroatoms. The van der Waals surface area contributed by atoms with Gasteiger partial charge in [-0.25, -0.2) is 9.78 Å². The average molecular weight is 393 g/mol. The van der Waals surface area contributed by atoms with E-state index in [0.29, 0.717) is 32.1 Å². The van der Waals surface area contributed by atoms with Gasteiger partial charge in [-0.15, -0.1) is 0 Å². The standard InChI is InChI=1S/C19H28N4O3S/c1-4-26-11-7-10-20-18(25)22-17(24)13-27-19-21-15-8-5-6-9-16(15)23(19)12-14(2)3/h5-6,8-9,14H,4,7,10-13H2,1-3H3,(H2,20,22,24,25). The molecule has 7 nitrogen and oxygen atoms in total. The molecule has 2 N–H and O–H groups in total. The molecule has 0 unspecified atom stereocenters. The van der Waals surface area contributed by atoms with Crippen LogP contribution >= 0.6 is 11.8 Å². The first-order valence-corrected chi connectivity index (χ1v) is 10.2. The molecule has 1 aromatic heterocycles. The van der Waals surface area contributed by atoms with Gasteiger partial charge >= 0.3 is 6.03 Å². The number of imidazole rings is 1. The molecule has 27 heavy (non-hydrogen) atoms. The lowest BCUT2D eigenvalue weighted by Crippen LogP contribution is -2.40. The molecule has 2 rings (SSSR count). The van der Waals surface area contributed by atoms with E-state index in [1.807, 2.05) is 31.2 Å². The highest BCUT2D eigenvalue weighted by Gasteiger charge is 2.14. The Hall–Kier alpha value is -2.06. The van der Waals surface area contributed by atoms with Gasteiger partial charge in [-0.05, 0) is 31.4 Å². The molecule has 1 aromatic carbocycles. The van der Waals surface area contributed by atoms with Crippen molar-refractivity contribution in [3.8, 4) is 0 Å². The zero-order valence-corrected chi connectivity index (χ0v) is 17.0. The fourth-order valence-corrected chi connectivity index (χ4v) is 3.39. The number of hydrogen-bond donors (Lipinski definition) is 2. The first-order valence-electron chi connectivity index (χ1n) is 9.24.